The first-order valence-corrected chi connectivity index (χ1v) is 8.74. The fourth-order valence-electron chi connectivity index (χ4n) is 2.47. The number of ether oxygens (including phenoxy) is 1. The Bertz CT molecular complexity index is 686. The summed E-state index contributed by atoms with van der Waals surface area (Å²) in [5, 5.41) is 0. The van der Waals surface area contributed by atoms with Crippen molar-refractivity contribution < 1.29 is 26.5 Å². The van der Waals surface area contributed by atoms with E-state index in [9.17, 15) is 17.6 Å². The normalized spacial score (nSPS) is 21.3. The second-order valence-electron chi connectivity index (χ2n) is 5.29. The zero-order chi connectivity index (χ0) is 17.0. The lowest BCUT2D eigenvalue weighted by Crippen LogP contribution is -2.38. The van der Waals surface area contributed by atoms with Crippen LogP contribution in [0.4, 0.5) is 9.18 Å². The lowest BCUT2D eigenvalue weighted by atomic mass is 9.84. The number of nitrogens with zero attached hydrogens (tertiary/aromatic N) is 1. The average Bonchev–Trinajstić information content (AvgIpc) is 2.52. The van der Waals surface area contributed by atoms with E-state index < -0.39 is 16.2 Å². The highest BCUT2D eigenvalue weighted by Gasteiger charge is 2.30. The van der Waals surface area contributed by atoms with Crippen molar-refractivity contribution in [3.05, 3.63) is 47.9 Å². The minimum Gasteiger partial charge on any atom is -0.452 e. The first-order chi connectivity index (χ1) is 10.8. The molecule has 0 radical (unpaired) electrons. The molecule has 0 fully saturated rings. The number of allylic oxidation sites excluding steroid dienone is 1. The highest BCUT2D eigenvalue weighted by atomic mass is 32.2. The van der Waals surface area contributed by atoms with Crippen molar-refractivity contribution in [1.29, 1.82) is 0 Å². The maximum atomic E-state index is 13.1. The van der Waals surface area contributed by atoms with Gasteiger partial charge in [-0.2, -0.15) is 8.42 Å². The standard InChI is InChI=1S/C15H18FNO5S/c1-21-15(18)17-8-7-14(11-3-5-13(16)6-4-11)12(9-17)10-22-23(2,19)20/h3-8,12,14H,9-10H2,1-2H3/t12-,14-/m0/s1. The molecule has 0 unspecified atom stereocenters. The van der Waals surface area contributed by atoms with Crippen molar-refractivity contribution >= 4 is 16.2 Å². The Morgan fingerprint density at radius 1 is 1.35 bits per heavy atom. The van der Waals surface area contributed by atoms with E-state index in [0.717, 1.165) is 11.8 Å². The molecule has 0 saturated heterocycles. The number of methoxy groups -OCH3 is 1. The predicted molar refractivity (Wildman–Crippen MR) is 81.7 cm³/mol. The average molecular weight is 343 g/mol. The molecule has 1 aliphatic heterocycles. The summed E-state index contributed by atoms with van der Waals surface area (Å²) >= 11 is 0. The van der Waals surface area contributed by atoms with Crippen LogP contribution in [0.5, 0.6) is 0 Å². The van der Waals surface area contributed by atoms with Gasteiger partial charge in [-0.15, -0.1) is 0 Å². The zero-order valence-electron chi connectivity index (χ0n) is 12.8. The summed E-state index contributed by atoms with van der Waals surface area (Å²) in [6.07, 6.45) is 3.76. The van der Waals surface area contributed by atoms with E-state index in [1.807, 2.05) is 0 Å². The van der Waals surface area contributed by atoms with E-state index in [1.54, 1.807) is 24.4 Å². The van der Waals surface area contributed by atoms with E-state index >= 15 is 0 Å². The van der Waals surface area contributed by atoms with Gasteiger partial charge in [0.2, 0.25) is 0 Å². The second-order valence-corrected chi connectivity index (χ2v) is 6.93. The Morgan fingerprint density at radius 3 is 2.57 bits per heavy atom. The van der Waals surface area contributed by atoms with E-state index in [1.165, 1.54) is 24.1 Å². The quantitative estimate of drug-likeness (QED) is 0.783. The van der Waals surface area contributed by atoms with Gasteiger partial charge in [-0.25, -0.2) is 9.18 Å². The molecule has 0 N–H and O–H groups in total. The third-order valence-electron chi connectivity index (χ3n) is 3.57. The van der Waals surface area contributed by atoms with Gasteiger partial charge in [-0.1, -0.05) is 18.2 Å². The lowest BCUT2D eigenvalue weighted by molar-refractivity contribution is 0.121. The third-order valence-corrected chi connectivity index (χ3v) is 4.14. The molecule has 0 spiro atoms. The van der Waals surface area contributed by atoms with Gasteiger partial charge >= 0.3 is 6.09 Å². The molecule has 2 rings (SSSR count). The lowest BCUT2D eigenvalue weighted by Gasteiger charge is -2.33. The molecule has 0 bridgehead atoms. The maximum absolute atomic E-state index is 13.1. The number of hydrogen-bond donors (Lipinski definition) is 0. The Kier molecular flexibility index (Phi) is 5.38. The number of carbonyl (C=O) groups is 1. The van der Waals surface area contributed by atoms with Crippen LogP contribution in [0.2, 0.25) is 0 Å². The molecule has 1 amide bonds. The third kappa shape index (κ3) is 4.77. The maximum Gasteiger partial charge on any atom is 0.413 e. The van der Waals surface area contributed by atoms with Gasteiger partial charge in [-0.3, -0.25) is 9.08 Å². The summed E-state index contributed by atoms with van der Waals surface area (Å²) in [5.74, 6) is -0.855. The van der Waals surface area contributed by atoms with Crippen LogP contribution in [-0.4, -0.2) is 45.9 Å². The van der Waals surface area contributed by atoms with Crippen molar-refractivity contribution in [1.82, 2.24) is 4.90 Å². The first-order valence-electron chi connectivity index (χ1n) is 6.93. The molecule has 8 heteroatoms. The van der Waals surface area contributed by atoms with E-state index in [0.29, 0.717) is 0 Å². The van der Waals surface area contributed by atoms with Gasteiger partial charge in [0.05, 0.1) is 20.0 Å². The molecule has 1 heterocycles. The van der Waals surface area contributed by atoms with Gasteiger partial charge in [0.25, 0.3) is 10.1 Å². The Morgan fingerprint density at radius 2 is 2.00 bits per heavy atom. The van der Waals surface area contributed by atoms with Crippen molar-refractivity contribution in [2.45, 2.75) is 5.92 Å². The topological polar surface area (TPSA) is 72.9 Å². The van der Waals surface area contributed by atoms with Crippen LogP contribution in [0, 0.1) is 11.7 Å². The molecule has 2 atom stereocenters. The van der Waals surface area contributed by atoms with E-state index in [4.69, 9.17) is 4.18 Å². The molecule has 23 heavy (non-hydrogen) atoms. The zero-order valence-corrected chi connectivity index (χ0v) is 13.6. The Labute approximate surface area is 134 Å². The van der Waals surface area contributed by atoms with Crippen molar-refractivity contribution in [2.24, 2.45) is 5.92 Å². The smallest absolute Gasteiger partial charge is 0.413 e. The molecule has 0 aliphatic carbocycles. The summed E-state index contributed by atoms with van der Waals surface area (Å²) in [6.45, 7) is 0.152. The summed E-state index contributed by atoms with van der Waals surface area (Å²) in [7, 11) is -2.33. The van der Waals surface area contributed by atoms with Crippen LogP contribution in [0.1, 0.15) is 11.5 Å². The summed E-state index contributed by atoms with van der Waals surface area (Å²) in [4.78, 5) is 13.0. The number of halogens is 1. The minimum absolute atomic E-state index is 0.0846. The minimum atomic E-state index is -3.60. The number of hydrogen-bond acceptors (Lipinski definition) is 5. The van der Waals surface area contributed by atoms with Crippen LogP contribution in [0.25, 0.3) is 0 Å². The number of benzene rings is 1. The largest absolute Gasteiger partial charge is 0.452 e. The first kappa shape index (κ1) is 17.4. The molecule has 1 aromatic carbocycles. The summed E-state index contributed by atoms with van der Waals surface area (Å²) < 4.78 is 45.1. The van der Waals surface area contributed by atoms with Gasteiger partial charge in [0.15, 0.2) is 0 Å². The predicted octanol–water partition coefficient (Wildman–Crippen LogP) is 2.10. The monoisotopic (exact) mass is 343 g/mol. The van der Waals surface area contributed by atoms with Gasteiger partial charge in [0.1, 0.15) is 5.82 Å². The molecule has 6 nitrogen and oxygen atoms in total. The Balaban J connectivity index is 2.24. The second kappa shape index (κ2) is 7.10. The van der Waals surface area contributed by atoms with Crippen molar-refractivity contribution in [3.63, 3.8) is 0 Å². The highest BCUT2D eigenvalue weighted by Crippen LogP contribution is 2.31. The molecular weight excluding hydrogens is 325 g/mol. The van der Waals surface area contributed by atoms with Crippen LogP contribution in [-0.2, 0) is 19.0 Å². The molecule has 0 aromatic heterocycles. The summed E-state index contributed by atoms with van der Waals surface area (Å²) in [6, 6.07) is 5.94. The van der Waals surface area contributed by atoms with Gasteiger partial charge in [-0.05, 0) is 17.7 Å². The van der Waals surface area contributed by atoms with Gasteiger partial charge in [0, 0.05) is 24.6 Å². The van der Waals surface area contributed by atoms with Crippen molar-refractivity contribution in [3.8, 4) is 0 Å². The Hall–Kier alpha value is -1.93. The van der Waals surface area contributed by atoms with Crippen LogP contribution in [0.3, 0.4) is 0 Å². The number of carbonyl (C=O) groups excluding carboxylic acids is 1. The summed E-state index contributed by atoms with van der Waals surface area (Å²) in [5.41, 5.74) is 0.814. The molecule has 1 aliphatic rings. The van der Waals surface area contributed by atoms with Gasteiger partial charge < -0.3 is 4.74 Å². The molecule has 126 valence electrons. The van der Waals surface area contributed by atoms with Crippen LogP contribution < -0.4 is 0 Å². The fourth-order valence-corrected chi connectivity index (χ4v) is 2.89. The molecule has 0 saturated carbocycles. The number of rotatable bonds is 4. The van der Waals surface area contributed by atoms with E-state index in [2.05, 4.69) is 4.74 Å². The number of amides is 1. The highest BCUT2D eigenvalue weighted by molar-refractivity contribution is 7.85. The van der Waals surface area contributed by atoms with Crippen LogP contribution in [0.15, 0.2) is 36.5 Å². The molecular formula is C15H18FNO5S. The fraction of sp³-hybridized carbons (Fsp3) is 0.400. The van der Waals surface area contributed by atoms with Crippen molar-refractivity contribution in [2.75, 3.05) is 26.5 Å². The SMILES string of the molecule is COC(=O)N1C=C[C@@H](c2ccc(F)cc2)[C@H](COS(C)(=O)=O)C1. The molecule has 1 aromatic rings. The van der Waals surface area contributed by atoms with E-state index in [-0.39, 0.29) is 30.8 Å². The van der Waals surface area contributed by atoms with Crippen LogP contribution >= 0.6 is 0 Å².